The minimum atomic E-state index is 0.237. The van der Waals surface area contributed by atoms with Crippen LogP contribution in [-0.4, -0.2) is 23.0 Å². The smallest absolute Gasteiger partial charge is 0.220 e. The van der Waals surface area contributed by atoms with Gasteiger partial charge in [-0.2, -0.15) is 0 Å². The van der Waals surface area contributed by atoms with E-state index in [0.29, 0.717) is 23.5 Å². The second-order valence-corrected chi connectivity index (χ2v) is 9.80. The molecule has 32 heavy (non-hydrogen) atoms. The Hall–Kier alpha value is -1.81. The van der Waals surface area contributed by atoms with Crippen molar-refractivity contribution in [2.75, 3.05) is 5.32 Å². The van der Waals surface area contributed by atoms with E-state index in [-0.39, 0.29) is 5.91 Å². The topological polar surface area (TPSA) is 54.0 Å². The molecule has 2 aromatic rings. The number of hydrogen-bond donors (Lipinski definition) is 2. The lowest BCUT2D eigenvalue weighted by Crippen LogP contribution is -2.40. The Kier molecular flexibility index (Phi) is 10.6. The first kappa shape index (κ1) is 24.8. The Bertz CT molecular complexity index is 833. The van der Waals surface area contributed by atoms with Gasteiger partial charge >= 0.3 is 0 Å². The number of rotatable bonds is 13. The monoisotopic (exact) mass is 457 g/mol. The lowest BCUT2D eigenvalue weighted by molar-refractivity contribution is -0.122. The summed E-state index contributed by atoms with van der Waals surface area (Å²) in [6.45, 7) is 2.26. The first-order valence-electron chi connectivity index (χ1n) is 12.8. The van der Waals surface area contributed by atoms with Gasteiger partial charge in [-0.05, 0) is 56.4 Å². The van der Waals surface area contributed by atoms with Crippen LogP contribution in [0.2, 0.25) is 5.02 Å². The van der Waals surface area contributed by atoms with E-state index in [4.69, 9.17) is 11.6 Å². The van der Waals surface area contributed by atoms with E-state index in [1.54, 1.807) is 0 Å². The number of aromatic nitrogens is 1. The molecule has 1 saturated carbocycles. The highest BCUT2D eigenvalue weighted by Gasteiger charge is 2.22. The van der Waals surface area contributed by atoms with Crippen LogP contribution in [0.1, 0.15) is 96.8 Å². The maximum Gasteiger partial charge on any atom is 0.220 e. The van der Waals surface area contributed by atoms with E-state index < -0.39 is 0 Å². The van der Waals surface area contributed by atoms with Gasteiger partial charge in [-0.15, -0.1) is 0 Å². The SMILES string of the molecule is CCCCCCCCCCCC(=O)NC1CCC(Nc2ccnc3cc(Cl)ccc23)CC1. The summed E-state index contributed by atoms with van der Waals surface area (Å²) in [6.07, 6.45) is 18.3. The van der Waals surface area contributed by atoms with Gasteiger partial charge in [0, 0.05) is 40.8 Å². The predicted molar refractivity (Wildman–Crippen MR) is 136 cm³/mol. The molecule has 2 N–H and O–H groups in total. The van der Waals surface area contributed by atoms with Gasteiger partial charge in [0.05, 0.1) is 5.52 Å². The van der Waals surface area contributed by atoms with Crippen LogP contribution >= 0.6 is 11.6 Å². The third-order valence-electron chi connectivity index (χ3n) is 6.66. The van der Waals surface area contributed by atoms with Crippen molar-refractivity contribution >= 4 is 34.1 Å². The molecule has 1 fully saturated rings. The van der Waals surface area contributed by atoms with Crippen LogP contribution in [0.4, 0.5) is 5.69 Å². The van der Waals surface area contributed by atoms with E-state index in [1.807, 2.05) is 30.5 Å². The zero-order valence-corrected chi connectivity index (χ0v) is 20.4. The molecule has 1 aromatic carbocycles. The van der Waals surface area contributed by atoms with Crippen molar-refractivity contribution in [1.82, 2.24) is 10.3 Å². The van der Waals surface area contributed by atoms with Crippen LogP contribution in [0.5, 0.6) is 0 Å². The fourth-order valence-corrected chi connectivity index (χ4v) is 4.91. The first-order valence-corrected chi connectivity index (χ1v) is 13.1. The van der Waals surface area contributed by atoms with Gasteiger partial charge in [-0.3, -0.25) is 9.78 Å². The number of hydrogen-bond acceptors (Lipinski definition) is 3. The average molecular weight is 458 g/mol. The Morgan fingerprint density at radius 1 is 0.938 bits per heavy atom. The van der Waals surface area contributed by atoms with Crippen molar-refractivity contribution in [2.45, 2.75) is 109 Å². The van der Waals surface area contributed by atoms with Crippen LogP contribution < -0.4 is 10.6 Å². The molecular weight excluding hydrogens is 418 g/mol. The molecule has 1 amide bonds. The number of carbonyl (C=O) groups is 1. The van der Waals surface area contributed by atoms with Gasteiger partial charge in [-0.25, -0.2) is 0 Å². The highest BCUT2D eigenvalue weighted by atomic mass is 35.5. The molecule has 1 aliphatic carbocycles. The molecule has 4 nitrogen and oxygen atoms in total. The number of carbonyl (C=O) groups excluding carboxylic acids is 1. The van der Waals surface area contributed by atoms with E-state index in [0.717, 1.165) is 48.7 Å². The third-order valence-corrected chi connectivity index (χ3v) is 6.90. The number of pyridine rings is 1. The molecule has 0 saturated heterocycles. The highest BCUT2D eigenvalue weighted by Crippen LogP contribution is 2.28. The maximum atomic E-state index is 12.3. The van der Waals surface area contributed by atoms with Crippen molar-refractivity contribution < 1.29 is 4.79 Å². The van der Waals surface area contributed by atoms with Crippen molar-refractivity contribution in [3.63, 3.8) is 0 Å². The van der Waals surface area contributed by atoms with E-state index in [1.165, 1.54) is 51.4 Å². The minimum Gasteiger partial charge on any atom is -0.382 e. The van der Waals surface area contributed by atoms with E-state index in [2.05, 4.69) is 22.5 Å². The van der Waals surface area contributed by atoms with E-state index >= 15 is 0 Å². The number of benzene rings is 1. The number of anilines is 1. The molecule has 0 unspecified atom stereocenters. The van der Waals surface area contributed by atoms with Crippen molar-refractivity contribution in [3.05, 3.63) is 35.5 Å². The summed E-state index contributed by atoms with van der Waals surface area (Å²) in [6, 6.07) is 8.65. The number of halogens is 1. The number of nitrogens with one attached hydrogen (secondary N) is 2. The molecule has 176 valence electrons. The lowest BCUT2D eigenvalue weighted by Gasteiger charge is -2.30. The van der Waals surface area contributed by atoms with Gasteiger partial charge < -0.3 is 10.6 Å². The second kappa shape index (κ2) is 13.7. The fourth-order valence-electron chi connectivity index (χ4n) is 4.75. The molecule has 0 spiro atoms. The van der Waals surface area contributed by atoms with Gasteiger partial charge in [-0.1, -0.05) is 69.9 Å². The first-order chi connectivity index (χ1) is 15.7. The van der Waals surface area contributed by atoms with Gasteiger partial charge in [0.1, 0.15) is 0 Å². The summed E-state index contributed by atoms with van der Waals surface area (Å²) >= 11 is 6.10. The molecular formula is C27H40ClN3O. The highest BCUT2D eigenvalue weighted by molar-refractivity contribution is 6.31. The Balaban J connectivity index is 1.29. The van der Waals surface area contributed by atoms with Crippen LogP contribution in [0.15, 0.2) is 30.5 Å². The minimum absolute atomic E-state index is 0.237. The van der Waals surface area contributed by atoms with Crippen LogP contribution in [-0.2, 0) is 4.79 Å². The van der Waals surface area contributed by atoms with Crippen LogP contribution in [0.25, 0.3) is 10.9 Å². The standard InChI is InChI=1S/C27H40ClN3O/c1-2-3-4-5-6-7-8-9-10-11-27(32)31-23-15-13-22(14-16-23)30-25-18-19-29-26-20-21(28)12-17-24(25)26/h12,17-20,22-23H,2-11,13-16H2,1H3,(H,29,30)(H,31,32). The van der Waals surface area contributed by atoms with Crippen molar-refractivity contribution in [1.29, 1.82) is 0 Å². The Morgan fingerprint density at radius 3 is 2.31 bits per heavy atom. The zero-order valence-electron chi connectivity index (χ0n) is 19.7. The molecule has 1 aliphatic rings. The Morgan fingerprint density at radius 2 is 1.59 bits per heavy atom. The molecule has 5 heteroatoms. The number of unbranched alkanes of at least 4 members (excludes halogenated alkanes) is 8. The van der Waals surface area contributed by atoms with Crippen molar-refractivity contribution in [3.8, 4) is 0 Å². The zero-order chi connectivity index (χ0) is 22.6. The third kappa shape index (κ3) is 8.27. The lowest BCUT2D eigenvalue weighted by atomic mass is 9.90. The summed E-state index contributed by atoms with van der Waals surface area (Å²) in [4.78, 5) is 16.7. The van der Waals surface area contributed by atoms with Gasteiger partial charge in [0.15, 0.2) is 0 Å². The van der Waals surface area contributed by atoms with Crippen molar-refractivity contribution in [2.24, 2.45) is 0 Å². The molecule has 1 heterocycles. The number of amides is 1. The van der Waals surface area contributed by atoms with Crippen LogP contribution in [0, 0.1) is 0 Å². The Labute approximate surface area is 198 Å². The molecule has 3 rings (SSSR count). The second-order valence-electron chi connectivity index (χ2n) is 9.36. The summed E-state index contributed by atoms with van der Waals surface area (Å²) in [7, 11) is 0. The molecule has 0 atom stereocenters. The normalized spacial score (nSPS) is 18.6. The van der Waals surface area contributed by atoms with Crippen LogP contribution in [0.3, 0.4) is 0 Å². The molecule has 0 aliphatic heterocycles. The summed E-state index contributed by atoms with van der Waals surface area (Å²) in [5.41, 5.74) is 2.03. The molecule has 1 aromatic heterocycles. The fraction of sp³-hybridized carbons (Fsp3) is 0.630. The summed E-state index contributed by atoms with van der Waals surface area (Å²) in [5.74, 6) is 0.237. The largest absolute Gasteiger partial charge is 0.382 e. The van der Waals surface area contributed by atoms with Gasteiger partial charge in [0.25, 0.3) is 0 Å². The summed E-state index contributed by atoms with van der Waals surface area (Å²) in [5, 5.41) is 8.78. The summed E-state index contributed by atoms with van der Waals surface area (Å²) < 4.78 is 0. The molecule has 0 bridgehead atoms. The maximum absolute atomic E-state index is 12.3. The van der Waals surface area contributed by atoms with Gasteiger partial charge in [0.2, 0.25) is 5.91 Å². The number of fused-ring (bicyclic) bond motifs is 1. The predicted octanol–water partition coefficient (Wildman–Crippen LogP) is 7.65. The van der Waals surface area contributed by atoms with E-state index in [9.17, 15) is 4.79 Å². The average Bonchev–Trinajstić information content (AvgIpc) is 2.79. The quantitative estimate of drug-likeness (QED) is 0.303. The number of nitrogens with zero attached hydrogens (tertiary/aromatic N) is 1. The molecule has 0 radical (unpaired) electrons.